The number of fused-ring (bicyclic) bond motifs is 1. The predicted molar refractivity (Wildman–Crippen MR) is 58.2 cm³/mol. The molecule has 1 amide bonds. The van der Waals surface area contributed by atoms with E-state index in [1.807, 2.05) is 0 Å². The Morgan fingerprint density at radius 3 is 3.12 bits per heavy atom. The molecule has 7 heteroatoms. The first-order valence-electron chi connectivity index (χ1n) is 5.29. The second-order valence-corrected chi connectivity index (χ2v) is 4.05. The summed E-state index contributed by atoms with van der Waals surface area (Å²) >= 11 is 0. The van der Waals surface area contributed by atoms with Gasteiger partial charge in [0.2, 0.25) is 5.91 Å². The molecule has 0 fully saturated rings. The zero-order valence-corrected chi connectivity index (χ0v) is 9.43. The number of nitrogens with one attached hydrogen (secondary N) is 2. The highest BCUT2D eigenvalue weighted by Crippen LogP contribution is 2.13. The van der Waals surface area contributed by atoms with E-state index in [0.29, 0.717) is 13.0 Å². The number of aliphatic carboxylic acids is 1. The van der Waals surface area contributed by atoms with E-state index >= 15 is 0 Å². The number of carbonyl (C=O) groups excluding carboxylic acids is 1. The third kappa shape index (κ3) is 2.44. The number of carbonyl (C=O) groups is 2. The molecule has 92 valence electrons. The number of amides is 1. The van der Waals surface area contributed by atoms with E-state index in [2.05, 4.69) is 15.3 Å². The Bertz CT molecular complexity index is 443. The fourth-order valence-electron chi connectivity index (χ4n) is 1.89. The highest BCUT2D eigenvalue weighted by molar-refractivity contribution is 5.85. The third-order valence-corrected chi connectivity index (χ3v) is 2.78. The van der Waals surface area contributed by atoms with Gasteiger partial charge in [0.05, 0.1) is 23.8 Å². The lowest BCUT2D eigenvalue weighted by molar-refractivity contribution is -0.144. The van der Waals surface area contributed by atoms with Gasteiger partial charge < -0.3 is 15.0 Å². The summed E-state index contributed by atoms with van der Waals surface area (Å²) in [6.45, 7) is 0.261. The maximum atomic E-state index is 11.9. The second-order valence-electron chi connectivity index (χ2n) is 4.05. The van der Waals surface area contributed by atoms with Crippen molar-refractivity contribution in [1.82, 2.24) is 20.2 Å². The van der Waals surface area contributed by atoms with Gasteiger partial charge in [0, 0.05) is 20.0 Å². The summed E-state index contributed by atoms with van der Waals surface area (Å²) in [6.07, 6.45) is 2.09. The van der Waals surface area contributed by atoms with Crippen LogP contribution in [0, 0.1) is 0 Å². The van der Waals surface area contributed by atoms with Crippen LogP contribution in [0.4, 0.5) is 0 Å². The molecule has 1 aliphatic rings. The van der Waals surface area contributed by atoms with Crippen molar-refractivity contribution in [3.05, 3.63) is 17.7 Å². The number of aromatic amines is 1. The highest BCUT2D eigenvalue weighted by atomic mass is 16.4. The van der Waals surface area contributed by atoms with Gasteiger partial charge in [0.1, 0.15) is 6.54 Å². The van der Waals surface area contributed by atoms with Crippen molar-refractivity contribution in [2.24, 2.45) is 0 Å². The van der Waals surface area contributed by atoms with E-state index in [0.717, 1.165) is 11.4 Å². The Kier molecular flexibility index (Phi) is 3.10. The molecule has 0 aromatic carbocycles. The SMILES string of the molecule is CN(CC(=O)O)C(=O)C1Cc2nc[nH]c2CN1. The number of hydrogen-bond donors (Lipinski definition) is 3. The summed E-state index contributed by atoms with van der Waals surface area (Å²) in [5.74, 6) is -1.24. The predicted octanol–water partition coefficient (Wildman–Crippen LogP) is -1.03. The molecule has 17 heavy (non-hydrogen) atoms. The van der Waals surface area contributed by atoms with Gasteiger partial charge >= 0.3 is 5.97 Å². The summed E-state index contributed by atoms with van der Waals surface area (Å²) in [7, 11) is 1.48. The van der Waals surface area contributed by atoms with E-state index in [9.17, 15) is 9.59 Å². The lowest BCUT2D eigenvalue weighted by Gasteiger charge is -2.26. The minimum atomic E-state index is -1.02. The molecule has 0 bridgehead atoms. The van der Waals surface area contributed by atoms with Crippen molar-refractivity contribution in [1.29, 1.82) is 0 Å². The summed E-state index contributed by atoms with van der Waals surface area (Å²) in [5, 5.41) is 11.7. The van der Waals surface area contributed by atoms with Crippen LogP contribution in [-0.2, 0) is 22.6 Å². The monoisotopic (exact) mass is 238 g/mol. The lowest BCUT2D eigenvalue weighted by atomic mass is 10.0. The molecule has 2 rings (SSSR count). The van der Waals surface area contributed by atoms with E-state index < -0.39 is 12.0 Å². The van der Waals surface area contributed by atoms with Crippen LogP contribution in [0.25, 0.3) is 0 Å². The largest absolute Gasteiger partial charge is 0.480 e. The minimum Gasteiger partial charge on any atom is -0.480 e. The topological polar surface area (TPSA) is 98.3 Å². The molecule has 1 aliphatic heterocycles. The average Bonchev–Trinajstić information content (AvgIpc) is 2.73. The minimum absolute atomic E-state index is 0.221. The molecule has 0 radical (unpaired) electrons. The first-order valence-corrected chi connectivity index (χ1v) is 5.29. The molecule has 3 N–H and O–H groups in total. The molecular formula is C10H14N4O3. The van der Waals surface area contributed by atoms with Crippen LogP contribution in [0.1, 0.15) is 11.4 Å². The Labute approximate surface area is 97.8 Å². The van der Waals surface area contributed by atoms with Crippen LogP contribution >= 0.6 is 0 Å². The number of carboxylic acids is 1. The fourth-order valence-corrected chi connectivity index (χ4v) is 1.89. The number of rotatable bonds is 3. The molecule has 1 aromatic heterocycles. The number of nitrogens with zero attached hydrogens (tertiary/aromatic N) is 2. The maximum Gasteiger partial charge on any atom is 0.323 e. The van der Waals surface area contributed by atoms with Crippen molar-refractivity contribution in [3.8, 4) is 0 Å². The van der Waals surface area contributed by atoms with Crippen molar-refractivity contribution in [2.45, 2.75) is 19.0 Å². The first-order chi connectivity index (χ1) is 8.08. The number of imidazole rings is 1. The third-order valence-electron chi connectivity index (χ3n) is 2.78. The van der Waals surface area contributed by atoms with E-state index in [1.54, 1.807) is 6.33 Å². The van der Waals surface area contributed by atoms with Gasteiger partial charge in [-0.2, -0.15) is 0 Å². The van der Waals surface area contributed by atoms with Gasteiger partial charge in [-0.25, -0.2) is 4.98 Å². The van der Waals surface area contributed by atoms with Gasteiger partial charge in [-0.05, 0) is 0 Å². The van der Waals surface area contributed by atoms with E-state index in [1.165, 1.54) is 11.9 Å². The normalized spacial score (nSPS) is 18.5. The van der Waals surface area contributed by atoms with Crippen molar-refractivity contribution < 1.29 is 14.7 Å². The molecule has 0 saturated heterocycles. The number of hydrogen-bond acceptors (Lipinski definition) is 4. The Morgan fingerprint density at radius 2 is 2.41 bits per heavy atom. The zero-order chi connectivity index (χ0) is 12.4. The molecule has 1 unspecified atom stereocenters. The number of aromatic nitrogens is 2. The van der Waals surface area contributed by atoms with Gasteiger partial charge in [0.15, 0.2) is 0 Å². The second kappa shape index (κ2) is 4.54. The van der Waals surface area contributed by atoms with Crippen LogP contribution in [0.2, 0.25) is 0 Å². The highest BCUT2D eigenvalue weighted by Gasteiger charge is 2.28. The average molecular weight is 238 g/mol. The molecule has 1 atom stereocenters. The summed E-state index contributed by atoms with van der Waals surface area (Å²) in [4.78, 5) is 30.8. The Hall–Kier alpha value is -1.89. The molecule has 7 nitrogen and oxygen atoms in total. The Balaban J connectivity index is 2.00. The standard InChI is InChI=1S/C10H14N4O3/c1-14(4-9(15)16)10(17)7-2-6-8(3-11-7)13-5-12-6/h5,7,11H,2-4H2,1H3,(H,12,13)(H,15,16). The van der Waals surface area contributed by atoms with Crippen LogP contribution in [0.3, 0.4) is 0 Å². The molecule has 0 aliphatic carbocycles. The van der Waals surface area contributed by atoms with Crippen LogP contribution in [0.5, 0.6) is 0 Å². The van der Waals surface area contributed by atoms with E-state index in [-0.39, 0.29) is 12.5 Å². The summed E-state index contributed by atoms with van der Waals surface area (Å²) in [5.41, 5.74) is 1.85. The summed E-state index contributed by atoms with van der Waals surface area (Å²) in [6, 6.07) is -0.393. The molecule has 0 saturated carbocycles. The van der Waals surface area contributed by atoms with Crippen molar-refractivity contribution in [2.75, 3.05) is 13.6 Å². The number of likely N-dealkylation sites (N-methyl/N-ethyl adjacent to an activating group) is 1. The van der Waals surface area contributed by atoms with Gasteiger partial charge in [0.25, 0.3) is 0 Å². The lowest BCUT2D eigenvalue weighted by Crippen LogP contribution is -2.49. The van der Waals surface area contributed by atoms with Crippen molar-refractivity contribution in [3.63, 3.8) is 0 Å². The number of carboxylic acid groups (broad SMARTS) is 1. The molecule has 2 heterocycles. The molecular weight excluding hydrogens is 224 g/mol. The van der Waals surface area contributed by atoms with E-state index in [4.69, 9.17) is 5.11 Å². The zero-order valence-electron chi connectivity index (χ0n) is 9.43. The van der Waals surface area contributed by atoms with Crippen molar-refractivity contribution >= 4 is 11.9 Å². The first kappa shape index (κ1) is 11.6. The van der Waals surface area contributed by atoms with Crippen LogP contribution in [-0.4, -0.2) is 51.5 Å². The summed E-state index contributed by atoms with van der Waals surface area (Å²) < 4.78 is 0. The van der Waals surface area contributed by atoms with Gasteiger partial charge in [-0.1, -0.05) is 0 Å². The van der Waals surface area contributed by atoms with Crippen LogP contribution in [0.15, 0.2) is 6.33 Å². The van der Waals surface area contributed by atoms with Gasteiger partial charge in [-0.15, -0.1) is 0 Å². The fraction of sp³-hybridized carbons (Fsp3) is 0.500. The maximum absolute atomic E-state index is 11.9. The quantitative estimate of drug-likeness (QED) is 0.625. The van der Waals surface area contributed by atoms with Gasteiger partial charge in [-0.3, -0.25) is 14.9 Å². The number of H-pyrrole nitrogens is 1. The Morgan fingerprint density at radius 1 is 1.65 bits per heavy atom. The smallest absolute Gasteiger partial charge is 0.323 e. The molecule has 1 aromatic rings. The molecule has 0 spiro atoms. The van der Waals surface area contributed by atoms with Crippen LogP contribution < -0.4 is 5.32 Å².